The second kappa shape index (κ2) is 12.1. The van der Waals surface area contributed by atoms with Gasteiger partial charge in [-0.15, -0.1) is 30.4 Å². The van der Waals surface area contributed by atoms with Crippen molar-refractivity contribution < 1.29 is 4.74 Å². The summed E-state index contributed by atoms with van der Waals surface area (Å²) in [6.07, 6.45) is 6.09. The van der Waals surface area contributed by atoms with E-state index < -0.39 is 0 Å². The minimum atomic E-state index is 0. The van der Waals surface area contributed by atoms with Crippen LogP contribution in [0.1, 0.15) is 26.3 Å². The van der Waals surface area contributed by atoms with Gasteiger partial charge in [-0.3, -0.25) is 4.99 Å². The lowest BCUT2D eigenvalue weighted by Gasteiger charge is -2.20. The highest BCUT2D eigenvalue weighted by atomic mass is 127. The molecule has 0 aliphatic heterocycles. The smallest absolute Gasteiger partial charge is 0.191 e. The monoisotopic (exact) mass is 429 g/mol. The summed E-state index contributed by atoms with van der Waals surface area (Å²) >= 11 is 0. The summed E-state index contributed by atoms with van der Waals surface area (Å²) in [7, 11) is 1.79. The van der Waals surface area contributed by atoms with Crippen molar-refractivity contribution in [2.75, 3.05) is 20.2 Å². The average molecular weight is 429 g/mol. The Bertz CT molecular complexity index is 506. The summed E-state index contributed by atoms with van der Waals surface area (Å²) in [5, 5.41) is 6.72. The number of hydrogen-bond acceptors (Lipinski definition) is 2. The van der Waals surface area contributed by atoms with Crippen molar-refractivity contribution in [3.8, 4) is 18.1 Å². The minimum absolute atomic E-state index is 0. The van der Waals surface area contributed by atoms with Crippen LogP contribution in [0, 0.1) is 18.3 Å². The molecule has 1 unspecified atom stereocenters. The van der Waals surface area contributed by atoms with Gasteiger partial charge in [-0.25, -0.2) is 0 Å². The first-order chi connectivity index (χ1) is 10.6. The number of halogens is 1. The van der Waals surface area contributed by atoms with Crippen LogP contribution in [0.5, 0.6) is 5.75 Å². The molecule has 0 aromatic heterocycles. The second-order valence-electron chi connectivity index (χ2n) is 5.56. The molecule has 0 bridgehead atoms. The molecule has 128 valence electrons. The van der Waals surface area contributed by atoms with Crippen LogP contribution in [-0.2, 0) is 6.42 Å². The average Bonchev–Trinajstić information content (AvgIpc) is 2.52. The standard InChI is InChI=1S/C18H27N3O.HI/c1-6-13-22-17-9-7-16(8-10-17)11-12-20-18(19-5)21-15(4)14(2)3;/h1,7-10,14-15H,11-13H2,2-5H3,(H2,19,20,21);1H. The van der Waals surface area contributed by atoms with Crippen LogP contribution in [0.15, 0.2) is 29.3 Å². The molecule has 23 heavy (non-hydrogen) atoms. The van der Waals surface area contributed by atoms with Crippen molar-refractivity contribution in [2.45, 2.75) is 33.2 Å². The van der Waals surface area contributed by atoms with Gasteiger partial charge in [-0.2, -0.15) is 0 Å². The van der Waals surface area contributed by atoms with E-state index in [1.54, 1.807) is 7.05 Å². The summed E-state index contributed by atoms with van der Waals surface area (Å²) in [4.78, 5) is 4.25. The van der Waals surface area contributed by atoms with Gasteiger partial charge in [-0.1, -0.05) is 31.9 Å². The molecule has 0 saturated carbocycles. The quantitative estimate of drug-likeness (QED) is 0.303. The fourth-order valence-corrected chi connectivity index (χ4v) is 1.78. The maximum atomic E-state index is 5.36. The minimum Gasteiger partial charge on any atom is -0.481 e. The molecule has 0 saturated heterocycles. The van der Waals surface area contributed by atoms with Crippen molar-refractivity contribution in [3.63, 3.8) is 0 Å². The third-order valence-corrected chi connectivity index (χ3v) is 3.54. The molecule has 0 spiro atoms. The summed E-state index contributed by atoms with van der Waals surface area (Å²) in [6, 6.07) is 8.39. The highest BCUT2D eigenvalue weighted by molar-refractivity contribution is 14.0. The summed E-state index contributed by atoms with van der Waals surface area (Å²) in [6.45, 7) is 7.67. The maximum absolute atomic E-state index is 5.36. The first kappa shape index (κ1) is 21.6. The maximum Gasteiger partial charge on any atom is 0.191 e. The van der Waals surface area contributed by atoms with Crippen molar-refractivity contribution in [2.24, 2.45) is 10.9 Å². The lowest BCUT2D eigenvalue weighted by molar-refractivity contribution is 0.370. The number of nitrogens with zero attached hydrogens (tertiary/aromatic N) is 1. The fourth-order valence-electron chi connectivity index (χ4n) is 1.78. The SMILES string of the molecule is C#CCOc1ccc(CCNC(=NC)NC(C)C(C)C)cc1.I. The predicted molar refractivity (Wildman–Crippen MR) is 109 cm³/mol. The topological polar surface area (TPSA) is 45.6 Å². The zero-order valence-electron chi connectivity index (χ0n) is 14.4. The number of nitrogens with one attached hydrogen (secondary N) is 2. The Labute approximate surface area is 157 Å². The fraction of sp³-hybridized carbons (Fsp3) is 0.500. The normalized spacial score (nSPS) is 12.1. The lowest BCUT2D eigenvalue weighted by atomic mass is 10.1. The Morgan fingerprint density at radius 1 is 1.26 bits per heavy atom. The van der Waals surface area contributed by atoms with Crippen LogP contribution < -0.4 is 15.4 Å². The van der Waals surface area contributed by atoms with Crippen molar-refractivity contribution >= 4 is 29.9 Å². The molecule has 1 aromatic rings. The van der Waals surface area contributed by atoms with Gasteiger partial charge in [0.05, 0.1) is 0 Å². The number of ether oxygens (including phenoxy) is 1. The Morgan fingerprint density at radius 3 is 2.43 bits per heavy atom. The molecule has 2 N–H and O–H groups in total. The van der Waals surface area contributed by atoms with Gasteiger partial charge in [0.15, 0.2) is 5.96 Å². The van der Waals surface area contributed by atoms with Gasteiger partial charge >= 0.3 is 0 Å². The predicted octanol–water partition coefficient (Wildman–Crippen LogP) is 3.07. The zero-order valence-corrected chi connectivity index (χ0v) is 16.8. The van der Waals surface area contributed by atoms with Gasteiger partial charge in [0.2, 0.25) is 0 Å². The van der Waals surface area contributed by atoms with Crippen LogP contribution in [0.25, 0.3) is 0 Å². The van der Waals surface area contributed by atoms with E-state index >= 15 is 0 Å². The molecule has 0 aliphatic rings. The first-order valence-electron chi connectivity index (χ1n) is 7.69. The number of hydrogen-bond donors (Lipinski definition) is 2. The van der Waals surface area contributed by atoms with Crippen molar-refractivity contribution in [3.05, 3.63) is 29.8 Å². The molecule has 0 fully saturated rings. The number of rotatable bonds is 7. The summed E-state index contributed by atoms with van der Waals surface area (Å²) in [5.74, 6) is 4.67. The van der Waals surface area contributed by atoms with Gasteiger partial charge in [-0.05, 0) is 37.0 Å². The Morgan fingerprint density at radius 2 is 1.91 bits per heavy atom. The van der Waals surface area contributed by atoms with Gasteiger partial charge in [0.1, 0.15) is 12.4 Å². The van der Waals surface area contributed by atoms with Gasteiger partial charge in [0.25, 0.3) is 0 Å². The van der Waals surface area contributed by atoms with E-state index in [1.165, 1.54) is 5.56 Å². The lowest BCUT2D eigenvalue weighted by Crippen LogP contribution is -2.44. The Kier molecular flexibility index (Phi) is 11.3. The third-order valence-electron chi connectivity index (χ3n) is 3.54. The Balaban J connectivity index is 0.00000484. The van der Waals surface area contributed by atoms with Crippen molar-refractivity contribution in [1.82, 2.24) is 10.6 Å². The molecule has 1 rings (SSSR count). The van der Waals surface area contributed by atoms with E-state index in [0.29, 0.717) is 18.6 Å². The van der Waals surface area contributed by atoms with E-state index in [-0.39, 0.29) is 24.0 Å². The zero-order chi connectivity index (χ0) is 16.4. The van der Waals surface area contributed by atoms with E-state index in [2.05, 4.69) is 54.5 Å². The third kappa shape index (κ3) is 8.70. The molecule has 0 heterocycles. The molecule has 1 aromatic carbocycles. The molecule has 0 amide bonds. The van der Waals surface area contributed by atoms with Crippen LogP contribution in [0.2, 0.25) is 0 Å². The van der Waals surface area contributed by atoms with E-state index in [9.17, 15) is 0 Å². The van der Waals surface area contributed by atoms with Crippen LogP contribution in [0.3, 0.4) is 0 Å². The molecule has 1 atom stereocenters. The molecule has 4 nitrogen and oxygen atoms in total. The number of aliphatic imine (C=N–C) groups is 1. The van der Waals surface area contributed by atoms with E-state index in [4.69, 9.17) is 11.2 Å². The second-order valence-corrected chi connectivity index (χ2v) is 5.56. The van der Waals surface area contributed by atoms with Gasteiger partial charge < -0.3 is 15.4 Å². The molecular weight excluding hydrogens is 401 g/mol. The first-order valence-corrected chi connectivity index (χ1v) is 7.69. The number of terminal acetylenes is 1. The summed E-state index contributed by atoms with van der Waals surface area (Å²) < 4.78 is 5.36. The number of benzene rings is 1. The molecule has 0 radical (unpaired) electrons. The molecule has 0 aliphatic carbocycles. The molecular formula is C18H28IN3O. The van der Waals surface area contributed by atoms with Crippen LogP contribution in [-0.4, -0.2) is 32.2 Å². The molecule has 5 heteroatoms. The Hall–Kier alpha value is -1.42. The van der Waals surface area contributed by atoms with Crippen LogP contribution >= 0.6 is 24.0 Å². The summed E-state index contributed by atoms with van der Waals surface area (Å²) in [5.41, 5.74) is 1.24. The van der Waals surface area contributed by atoms with Crippen LogP contribution in [0.4, 0.5) is 0 Å². The van der Waals surface area contributed by atoms with E-state index in [0.717, 1.165) is 24.7 Å². The largest absolute Gasteiger partial charge is 0.481 e. The van der Waals surface area contributed by atoms with Gasteiger partial charge in [0, 0.05) is 19.6 Å². The highest BCUT2D eigenvalue weighted by Crippen LogP contribution is 2.12. The van der Waals surface area contributed by atoms with Crippen molar-refractivity contribution in [1.29, 1.82) is 0 Å². The number of guanidine groups is 1. The highest BCUT2D eigenvalue weighted by Gasteiger charge is 2.08. The van der Waals surface area contributed by atoms with E-state index in [1.807, 2.05) is 12.1 Å².